The van der Waals surface area contributed by atoms with Crippen molar-refractivity contribution in [3.63, 3.8) is 0 Å². The van der Waals surface area contributed by atoms with Gasteiger partial charge >= 0.3 is 0 Å². The predicted octanol–water partition coefficient (Wildman–Crippen LogP) is 4.53. The van der Waals surface area contributed by atoms with E-state index in [1.54, 1.807) is 18.7 Å². The Bertz CT molecular complexity index is 1210. The number of halogens is 1. The molecule has 3 aromatic rings. The quantitative estimate of drug-likeness (QED) is 0.588. The Kier molecular flexibility index (Phi) is 6.10. The van der Waals surface area contributed by atoms with Gasteiger partial charge in [0.15, 0.2) is 0 Å². The number of para-hydroxylation sites is 1. The molecule has 0 bridgehead atoms. The van der Waals surface area contributed by atoms with Crippen molar-refractivity contribution in [1.82, 2.24) is 14.6 Å². The number of fused-ring (bicyclic) bond motifs is 1. The van der Waals surface area contributed by atoms with Gasteiger partial charge in [-0.15, -0.1) is 0 Å². The minimum atomic E-state index is -3.71. The van der Waals surface area contributed by atoms with Crippen molar-refractivity contribution in [2.24, 2.45) is 0 Å². The largest absolute Gasteiger partial charge is 0.361 e. The molecule has 0 unspecified atom stereocenters. The molecule has 31 heavy (non-hydrogen) atoms. The fourth-order valence-corrected chi connectivity index (χ4v) is 5.68. The molecule has 2 heterocycles. The standard InChI is InChI=1S/C23H26ClN3O3S/c1-15(2)26-31(29,30)17-7-8-21(24)19(13-17)23(28)27-11-9-16(10-12-27)20-14-25-22-6-4-3-5-18(20)22/h3-8,13-16,25-26H,9-12H2,1-2H3. The summed E-state index contributed by atoms with van der Waals surface area (Å²) in [4.78, 5) is 18.3. The molecule has 2 aromatic carbocycles. The average molecular weight is 460 g/mol. The predicted molar refractivity (Wildman–Crippen MR) is 123 cm³/mol. The zero-order valence-corrected chi connectivity index (χ0v) is 19.1. The minimum Gasteiger partial charge on any atom is -0.361 e. The molecule has 0 saturated carbocycles. The van der Waals surface area contributed by atoms with Crippen LogP contribution in [0.1, 0.15) is 48.5 Å². The van der Waals surface area contributed by atoms with Crippen LogP contribution in [0.2, 0.25) is 5.02 Å². The second-order valence-electron chi connectivity index (χ2n) is 8.27. The third-order valence-corrected chi connectivity index (χ3v) is 7.70. The molecule has 1 fully saturated rings. The minimum absolute atomic E-state index is 0.0441. The SMILES string of the molecule is CC(C)NS(=O)(=O)c1ccc(Cl)c(C(=O)N2CCC(c3c[nH]c4ccccc34)CC2)c1. The van der Waals surface area contributed by atoms with Gasteiger partial charge in [0.25, 0.3) is 5.91 Å². The van der Waals surface area contributed by atoms with E-state index in [9.17, 15) is 13.2 Å². The molecule has 0 spiro atoms. The van der Waals surface area contributed by atoms with Gasteiger partial charge in [0.2, 0.25) is 10.0 Å². The molecule has 2 N–H and O–H groups in total. The lowest BCUT2D eigenvalue weighted by Crippen LogP contribution is -2.38. The molecule has 0 atom stereocenters. The van der Waals surface area contributed by atoms with E-state index in [0.29, 0.717) is 19.0 Å². The van der Waals surface area contributed by atoms with Crippen LogP contribution >= 0.6 is 11.6 Å². The molecule has 1 saturated heterocycles. The number of hydrogen-bond donors (Lipinski definition) is 2. The van der Waals surface area contributed by atoms with Gasteiger partial charge in [-0.1, -0.05) is 29.8 Å². The number of aromatic nitrogens is 1. The van der Waals surface area contributed by atoms with Crippen LogP contribution in [0, 0.1) is 0 Å². The second kappa shape index (κ2) is 8.65. The molecule has 1 amide bonds. The smallest absolute Gasteiger partial charge is 0.255 e. The van der Waals surface area contributed by atoms with Crippen LogP contribution in [-0.2, 0) is 10.0 Å². The molecule has 6 nitrogen and oxygen atoms in total. The normalized spacial score (nSPS) is 15.7. The van der Waals surface area contributed by atoms with Crippen molar-refractivity contribution in [1.29, 1.82) is 0 Å². The van der Waals surface area contributed by atoms with E-state index in [0.717, 1.165) is 18.4 Å². The first-order chi connectivity index (χ1) is 14.8. The summed E-state index contributed by atoms with van der Waals surface area (Å²) in [5.74, 6) is 0.140. The first-order valence-corrected chi connectivity index (χ1v) is 12.3. The number of benzene rings is 2. The second-order valence-corrected chi connectivity index (χ2v) is 10.4. The molecular formula is C23H26ClN3O3S. The van der Waals surface area contributed by atoms with Crippen LogP contribution < -0.4 is 4.72 Å². The maximum atomic E-state index is 13.1. The van der Waals surface area contributed by atoms with E-state index < -0.39 is 10.0 Å². The highest BCUT2D eigenvalue weighted by Gasteiger charge is 2.28. The summed E-state index contributed by atoms with van der Waals surface area (Å²) in [6.07, 6.45) is 3.76. The first kappa shape index (κ1) is 21.9. The number of piperidine rings is 1. The monoisotopic (exact) mass is 459 g/mol. The van der Waals surface area contributed by atoms with Gasteiger partial charge in [-0.2, -0.15) is 0 Å². The molecule has 1 aromatic heterocycles. The van der Waals surface area contributed by atoms with Crippen LogP contribution in [0.3, 0.4) is 0 Å². The number of nitrogens with one attached hydrogen (secondary N) is 2. The van der Waals surface area contributed by atoms with Crippen LogP contribution in [0.5, 0.6) is 0 Å². The summed E-state index contributed by atoms with van der Waals surface area (Å²) < 4.78 is 27.5. The van der Waals surface area contributed by atoms with Crippen LogP contribution in [0.25, 0.3) is 10.9 Å². The Morgan fingerprint density at radius 1 is 1.16 bits per heavy atom. The molecule has 0 radical (unpaired) electrons. The number of rotatable bonds is 5. The van der Waals surface area contributed by atoms with Crippen molar-refractivity contribution in [3.05, 3.63) is 64.8 Å². The van der Waals surface area contributed by atoms with Crippen molar-refractivity contribution in [2.45, 2.75) is 43.5 Å². The third kappa shape index (κ3) is 4.49. The fourth-order valence-electron chi connectivity index (χ4n) is 4.21. The van der Waals surface area contributed by atoms with E-state index in [1.165, 1.54) is 29.1 Å². The van der Waals surface area contributed by atoms with Gasteiger partial charge in [0.05, 0.1) is 15.5 Å². The number of sulfonamides is 1. The summed E-state index contributed by atoms with van der Waals surface area (Å²) in [6, 6.07) is 12.3. The fraction of sp³-hybridized carbons (Fsp3) is 0.348. The number of carbonyl (C=O) groups is 1. The zero-order chi connectivity index (χ0) is 22.2. The average Bonchev–Trinajstić information content (AvgIpc) is 3.17. The molecule has 4 rings (SSSR count). The highest BCUT2D eigenvalue weighted by molar-refractivity contribution is 7.89. The maximum absolute atomic E-state index is 13.1. The van der Waals surface area contributed by atoms with Crippen LogP contribution in [-0.4, -0.2) is 43.3 Å². The third-order valence-electron chi connectivity index (χ3n) is 5.71. The Morgan fingerprint density at radius 3 is 2.58 bits per heavy atom. The lowest BCUT2D eigenvalue weighted by molar-refractivity contribution is 0.0713. The Hall–Kier alpha value is -2.35. The number of aromatic amines is 1. The Balaban J connectivity index is 1.50. The molecular weight excluding hydrogens is 434 g/mol. The van der Waals surface area contributed by atoms with Crippen molar-refractivity contribution in [2.75, 3.05) is 13.1 Å². The lowest BCUT2D eigenvalue weighted by Gasteiger charge is -2.32. The van der Waals surface area contributed by atoms with Gasteiger partial charge in [0.1, 0.15) is 0 Å². The van der Waals surface area contributed by atoms with Crippen molar-refractivity contribution in [3.8, 4) is 0 Å². The number of H-pyrrole nitrogens is 1. The van der Waals surface area contributed by atoms with Gasteiger partial charge in [-0.05, 0) is 62.4 Å². The highest BCUT2D eigenvalue weighted by Crippen LogP contribution is 2.34. The summed E-state index contributed by atoms with van der Waals surface area (Å²) in [5, 5.41) is 1.48. The maximum Gasteiger partial charge on any atom is 0.255 e. The van der Waals surface area contributed by atoms with Crippen molar-refractivity contribution >= 4 is 38.4 Å². The number of likely N-dealkylation sites (tertiary alicyclic amines) is 1. The van der Waals surface area contributed by atoms with Gasteiger partial charge in [-0.25, -0.2) is 13.1 Å². The number of hydrogen-bond acceptors (Lipinski definition) is 3. The van der Waals surface area contributed by atoms with Crippen molar-refractivity contribution < 1.29 is 13.2 Å². The van der Waals surface area contributed by atoms with Gasteiger partial charge in [0, 0.05) is 36.2 Å². The molecule has 8 heteroatoms. The lowest BCUT2D eigenvalue weighted by atomic mass is 9.89. The molecule has 164 valence electrons. The molecule has 1 aliphatic rings. The topological polar surface area (TPSA) is 82.3 Å². The summed E-state index contributed by atoms with van der Waals surface area (Å²) in [6.45, 7) is 4.69. The number of carbonyl (C=O) groups excluding carboxylic acids is 1. The van der Waals surface area contributed by atoms with E-state index in [4.69, 9.17) is 11.6 Å². The summed E-state index contributed by atoms with van der Waals surface area (Å²) in [5.41, 5.74) is 2.63. The van der Waals surface area contributed by atoms with Gasteiger partial charge in [-0.3, -0.25) is 4.79 Å². The van der Waals surface area contributed by atoms with Crippen LogP contribution in [0.4, 0.5) is 0 Å². The van der Waals surface area contributed by atoms with Gasteiger partial charge < -0.3 is 9.88 Å². The van der Waals surface area contributed by atoms with E-state index in [-0.39, 0.29) is 27.4 Å². The Morgan fingerprint density at radius 2 is 1.87 bits per heavy atom. The molecule has 1 aliphatic heterocycles. The highest BCUT2D eigenvalue weighted by atomic mass is 35.5. The van der Waals surface area contributed by atoms with Crippen LogP contribution in [0.15, 0.2) is 53.6 Å². The zero-order valence-electron chi connectivity index (χ0n) is 17.6. The molecule has 0 aliphatic carbocycles. The first-order valence-electron chi connectivity index (χ1n) is 10.4. The van der Waals surface area contributed by atoms with E-state index >= 15 is 0 Å². The Labute approximate surface area is 187 Å². The summed E-state index contributed by atoms with van der Waals surface area (Å²) >= 11 is 6.27. The number of nitrogens with zero attached hydrogens (tertiary/aromatic N) is 1. The number of amides is 1. The van der Waals surface area contributed by atoms with E-state index in [2.05, 4.69) is 28.0 Å². The van der Waals surface area contributed by atoms with E-state index in [1.807, 2.05) is 12.1 Å². The summed E-state index contributed by atoms with van der Waals surface area (Å²) in [7, 11) is -3.71.